The van der Waals surface area contributed by atoms with Gasteiger partial charge in [-0.3, -0.25) is 4.79 Å². The Morgan fingerprint density at radius 2 is 1.68 bits per heavy atom. The van der Waals surface area contributed by atoms with Crippen LogP contribution in [0, 0.1) is 28.6 Å². The van der Waals surface area contributed by atoms with Gasteiger partial charge in [0.25, 0.3) is 0 Å². The molecule has 1 atom stereocenters. The average molecular weight is 302 g/mol. The number of hydrogen-bond donors (Lipinski definition) is 0. The second-order valence-corrected chi connectivity index (χ2v) is 4.79. The third kappa shape index (κ3) is 2.64. The van der Waals surface area contributed by atoms with Crippen LogP contribution >= 0.6 is 0 Å². The van der Waals surface area contributed by atoms with Crippen molar-refractivity contribution in [3.05, 3.63) is 52.6 Å². The van der Waals surface area contributed by atoms with E-state index in [4.69, 9.17) is 5.26 Å². The van der Waals surface area contributed by atoms with Crippen LogP contribution < -0.4 is 0 Å². The highest BCUT2D eigenvalue weighted by atomic mass is 19.4. The minimum absolute atomic E-state index is 0.110. The number of benzene rings is 1. The maximum atomic E-state index is 13.3. The Hall–Kier alpha value is -2.86. The minimum atomic E-state index is -4.79. The third-order valence-electron chi connectivity index (χ3n) is 3.36. The topological polar surface area (TPSA) is 64.7 Å². The van der Waals surface area contributed by atoms with Crippen molar-refractivity contribution >= 4 is 11.4 Å². The van der Waals surface area contributed by atoms with Crippen molar-refractivity contribution in [2.45, 2.75) is 13.1 Å². The predicted molar refractivity (Wildman–Crippen MR) is 72.0 cm³/mol. The number of halogens is 3. The van der Waals surface area contributed by atoms with Crippen molar-refractivity contribution in [2.24, 2.45) is 5.92 Å². The summed E-state index contributed by atoms with van der Waals surface area (Å²) in [4.78, 5) is 11.8. The average Bonchev–Trinajstić information content (AvgIpc) is 2.45. The van der Waals surface area contributed by atoms with E-state index in [1.54, 1.807) is 6.07 Å². The lowest BCUT2D eigenvalue weighted by molar-refractivity contribution is -0.166. The number of carbonyl (C=O) groups excluding carboxylic acids is 1. The van der Waals surface area contributed by atoms with Crippen LogP contribution in [0.4, 0.5) is 13.2 Å². The highest BCUT2D eigenvalue weighted by Crippen LogP contribution is 2.43. The molecule has 6 heteroatoms. The Kier molecular flexibility index (Phi) is 3.88. The molecule has 0 aliphatic heterocycles. The fourth-order valence-corrected chi connectivity index (χ4v) is 2.38. The molecule has 0 saturated heterocycles. The summed E-state index contributed by atoms with van der Waals surface area (Å²) in [7, 11) is 0. The number of allylic oxidation sites excluding steroid dienone is 4. The SMILES string of the molecule is CC1=CC(=O)C(C(F)(F)F)C(c2ccc(C#N)cc2)=C1C#N. The normalized spacial score (nSPS) is 18.5. The molecule has 0 radical (unpaired) electrons. The lowest BCUT2D eigenvalue weighted by Crippen LogP contribution is -2.33. The van der Waals surface area contributed by atoms with Crippen LogP contribution in [0.25, 0.3) is 5.57 Å². The second kappa shape index (κ2) is 5.50. The fourth-order valence-electron chi connectivity index (χ4n) is 2.38. The number of hydrogen-bond acceptors (Lipinski definition) is 3. The number of nitriles is 2. The molecule has 1 unspecified atom stereocenters. The van der Waals surface area contributed by atoms with Crippen LogP contribution in [0.1, 0.15) is 18.1 Å². The first kappa shape index (κ1) is 15.5. The zero-order chi connectivity index (χ0) is 16.5. The molecule has 2 rings (SSSR count). The molecule has 0 fully saturated rings. The van der Waals surface area contributed by atoms with Gasteiger partial charge < -0.3 is 0 Å². The van der Waals surface area contributed by atoms with Crippen LogP contribution in [-0.2, 0) is 4.79 Å². The van der Waals surface area contributed by atoms with Gasteiger partial charge in [0, 0.05) is 0 Å². The molecule has 3 nitrogen and oxygen atoms in total. The Morgan fingerprint density at radius 1 is 1.09 bits per heavy atom. The molecule has 0 bridgehead atoms. The van der Waals surface area contributed by atoms with Gasteiger partial charge in [0.2, 0.25) is 0 Å². The number of carbonyl (C=O) groups is 1. The van der Waals surface area contributed by atoms with Gasteiger partial charge in [0.05, 0.1) is 23.3 Å². The van der Waals surface area contributed by atoms with Crippen LogP contribution in [0.5, 0.6) is 0 Å². The van der Waals surface area contributed by atoms with Crippen LogP contribution in [0.3, 0.4) is 0 Å². The molecule has 0 aromatic heterocycles. The van der Waals surface area contributed by atoms with E-state index < -0.39 is 17.9 Å². The van der Waals surface area contributed by atoms with E-state index in [-0.39, 0.29) is 27.8 Å². The zero-order valence-corrected chi connectivity index (χ0v) is 11.4. The summed E-state index contributed by atoms with van der Waals surface area (Å²) in [5.74, 6) is -3.46. The summed E-state index contributed by atoms with van der Waals surface area (Å²) in [6.45, 7) is 1.42. The molecule has 22 heavy (non-hydrogen) atoms. The third-order valence-corrected chi connectivity index (χ3v) is 3.36. The quantitative estimate of drug-likeness (QED) is 0.797. The summed E-state index contributed by atoms with van der Waals surface area (Å²) in [5, 5.41) is 17.9. The molecule has 0 spiro atoms. The number of nitrogens with zero attached hydrogens (tertiary/aromatic N) is 2. The number of alkyl halides is 3. The first-order valence-corrected chi connectivity index (χ1v) is 6.23. The number of ketones is 1. The highest BCUT2D eigenvalue weighted by molar-refractivity contribution is 6.06. The Morgan fingerprint density at radius 3 is 2.14 bits per heavy atom. The highest BCUT2D eigenvalue weighted by Gasteiger charge is 2.49. The molecule has 1 aliphatic rings. The van der Waals surface area contributed by atoms with Crippen LogP contribution in [-0.4, -0.2) is 12.0 Å². The van der Waals surface area contributed by atoms with Crippen molar-refractivity contribution in [2.75, 3.05) is 0 Å². The van der Waals surface area contributed by atoms with Crippen LogP contribution in [0.15, 0.2) is 41.5 Å². The molecular weight excluding hydrogens is 293 g/mol. The summed E-state index contributed by atoms with van der Waals surface area (Å²) >= 11 is 0. The minimum Gasteiger partial charge on any atom is -0.294 e. The van der Waals surface area contributed by atoms with E-state index in [0.717, 1.165) is 6.08 Å². The van der Waals surface area contributed by atoms with Crippen molar-refractivity contribution in [3.63, 3.8) is 0 Å². The zero-order valence-electron chi connectivity index (χ0n) is 11.4. The van der Waals surface area contributed by atoms with E-state index in [1.807, 2.05) is 6.07 Å². The van der Waals surface area contributed by atoms with Gasteiger partial charge >= 0.3 is 6.18 Å². The van der Waals surface area contributed by atoms with Crippen molar-refractivity contribution in [1.82, 2.24) is 0 Å². The smallest absolute Gasteiger partial charge is 0.294 e. The second-order valence-electron chi connectivity index (χ2n) is 4.79. The first-order valence-electron chi connectivity index (χ1n) is 6.23. The predicted octanol–water partition coefficient (Wildman–Crippen LogP) is 3.54. The summed E-state index contributed by atoms with van der Waals surface area (Å²) in [6.07, 6.45) is -3.94. The monoisotopic (exact) mass is 302 g/mol. The molecule has 0 heterocycles. The van der Waals surface area contributed by atoms with Gasteiger partial charge in [-0.1, -0.05) is 12.1 Å². The van der Waals surface area contributed by atoms with Crippen LogP contribution in [0.2, 0.25) is 0 Å². The maximum absolute atomic E-state index is 13.3. The summed E-state index contributed by atoms with van der Waals surface area (Å²) < 4.78 is 39.8. The maximum Gasteiger partial charge on any atom is 0.402 e. The molecule has 1 aromatic carbocycles. The Bertz CT molecular complexity index is 772. The molecule has 110 valence electrons. The molecule has 0 amide bonds. The first-order chi connectivity index (χ1) is 10.3. The molecule has 1 aliphatic carbocycles. The van der Waals surface area contributed by atoms with Gasteiger partial charge in [-0.05, 0) is 41.8 Å². The lowest BCUT2D eigenvalue weighted by Gasteiger charge is -2.26. The van der Waals surface area contributed by atoms with Crippen molar-refractivity contribution < 1.29 is 18.0 Å². The standard InChI is InChI=1S/C16H9F3N2O/c1-9-6-13(22)15(16(17,18)19)14(12(9)8-21)11-4-2-10(7-20)3-5-11/h2-6,15H,1H3. The molecular formula is C16H9F3N2O. The van der Waals surface area contributed by atoms with Gasteiger partial charge in [-0.2, -0.15) is 23.7 Å². The summed E-state index contributed by atoms with van der Waals surface area (Å²) in [5.41, 5.74) is 0.0722. The van der Waals surface area contributed by atoms with Gasteiger partial charge in [0.15, 0.2) is 5.78 Å². The van der Waals surface area contributed by atoms with Gasteiger partial charge in [-0.15, -0.1) is 0 Å². The summed E-state index contributed by atoms with van der Waals surface area (Å²) in [6, 6.07) is 8.94. The van der Waals surface area contributed by atoms with E-state index in [1.165, 1.54) is 31.2 Å². The largest absolute Gasteiger partial charge is 0.402 e. The fraction of sp³-hybridized carbons (Fsp3) is 0.188. The Balaban J connectivity index is 2.72. The van der Waals surface area contributed by atoms with E-state index in [9.17, 15) is 23.2 Å². The van der Waals surface area contributed by atoms with E-state index >= 15 is 0 Å². The van der Waals surface area contributed by atoms with Gasteiger partial charge in [-0.25, -0.2) is 0 Å². The molecule has 1 aromatic rings. The molecule has 0 saturated carbocycles. The van der Waals surface area contributed by atoms with Crippen molar-refractivity contribution in [3.8, 4) is 12.1 Å². The van der Waals surface area contributed by atoms with E-state index in [2.05, 4.69) is 0 Å². The van der Waals surface area contributed by atoms with Crippen molar-refractivity contribution in [1.29, 1.82) is 10.5 Å². The van der Waals surface area contributed by atoms with Gasteiger partial charge in [0.1, 0.15) is 5.92 Å². The Labute approximate surface area is 124 Å². The van der Waals surface area contributed by atoms with E-state index in [0.29, 0.717) is 0 Å². The lowest BCUT2D eigenvalue weighted by atomic mass is 9.79. The molecule has 0 N–H and O–H groups in total. The number of rotatable bonds is 1.